The Labute approximate surface area is 186 Å². The number of nitrogens with one attached hydrogen (secondary N) is 3. The number of hydrogen-bond acceptors (Lipinski definition) is 4. The minimum atomic E-state index is -0.687. The highest BCUT2D eigenvalue weighted by Crippen LogP contribution is 2.15. The summed E-state index contributed by atoms with van der Waals surface area (Å²) < 4.78 is 0. The monoisotopic (exact) mass is 447 g/mol. The highest BCUT2D eigenvalue weighted by atomic mass is 35.5. The molecule has 0 aliphatic rings. The van der Waals surface area contributed by atoms with E-state index < -0.39 is 6.04 Å². The fourth-order valence-electron chi connectivity index (χ4n) is 2.78. The normalized spacial score (nSPS) is 11.4. The summed E-state index contributed by atoms with van der Waals surface area (Å²) >= 11 is 7.69. The van der Waals surface area contributed by atoms with Gasteiger partial charge in [-0.15, -0.1) is 0 Å². The standard InChI is InChI=1S/C22H26ClN3O3S/c1-3-24-20(27)16-8-6-7-15(13-16)14-25-22(29)19(11-12-30-2)26-21(28)17-9-4-5-10-18(17)23/h4-10,13,19H,3,11-12,14H2,1-2H3,(H,24,27)(H,25,29)(H,26,28). The number of halogens is 1. The Balaban J connectivity index is 2.03. The van der Waals surface area contributed by atoms with Crippen LogP contribution < -0.4 is 16.0 Å². The van der Waals surface area contributed by atoms with Gasteiger partial charge in [0.1, 0.15) is 6.04 Å². The van der Waals surface area contributed by atoms with Gasteiger partial charge in [-0.1, -0.05) is 35.9 Å². The number of amides is 3. The number of hydrogen-bond donors (Lipinski definition) is 3. The van der Waals surface area contributed by atoms with Crippen molar-refractivity contribution < 1.29 is 14.4 Å². The van der Waals surface area contributed by atoms with Crippen LogP contribution in [-0.2, 0) is 11.3 Å². The lowest BCUT2D eigenvalue weighted by molar-refractivity contribution is -0.123. The molecule has 0 saturated heterocycles. The Morgan fingerprint density at radius 2 is 1.80 bits per heavy atom. The first-order chi connectivity index (χ1) is 14.5. The van der Waals surface area contributed by atoms with Crippen molar-refractivity contribution in [2.45, 2.75) is 25.9 Å². The van der Waals surface area contributed by atoms with E-state index in [1.54, 1.807) is 54.2 Å². The van der Waals surface area contributed by atoms with Gasteiger partial charge in [-0.05, 0) is 55.2 Å². The maximum atomic E-state index is 12.7. The number of carbonyl (C=O) groups excluding carboxylic acids is 3. The molecule has 3 N–H and O–H groups in total. The predicted molar refractivity (Wildman–Crippen MR) is 122 cm³/mol. The molecular weight excluding hydrogens is 422 g/mol. The van der Waals surface area contributed by atoms with Gasteiger partial charge in [0, 0.05) is 18.7 Å². The lowest BCUT2D eigenvalue weighted by Gasteiger charge is -2.19. The van der Waals surface area contributed by atoms with Crippen molar-refractivity contribution in [3.8, 4) is 0 Å². The lowest BCUT2D eigenvalue weighted by Crippen LogP contribution is -2.47. The molecule has 0 fully saturated rings. The van der Waals surface area contributed by atoms with Crippen molar-refractivity contribution >= 4 is 41.1 Å². The predicted octanol–water partition coefficient (Wildman–Crippen LogP) is 3.26. The third-order valence-corrected chi connectivity index (χ3v) is 5.32. The first-order valence-corrected chi connectivity index (χ1v) is 11.4. The zero-order chi connectivity index (χ0) is 21.9. The molecular formula is C22H26ClN3O3S. The zero-order valence-corrected chi connectivity index (χ0v) is 18.6. The summed E-state index contributed by atoms with van der Waals surface area (Å²) in [6.45, 7) is 2.65. The Morgan fingerprint density at radius 3 is 2.50 bits per heavy atom. The summed E-state index contributed by atoms with van der Waals surface area (Å²) in [5, 5.41) is 8.71. The van der Waals surface area contributed by atoms with Gasteiger partial charge in [0.05, 0.1) is 10.6 Å². The fourth-order valence-corrected chi connectivity index (χ4v) is 3.48. The molecule has 0 heterocycles. The highest BCUT2D eigenvalue weighted by Gasteiger charge is 2.22. The first-order valence-electron chi connectivity index (χ1n) is 9.65. The van der Waals surface area contributed by atoms with E-state index in [9.17, 15) is 14.4 Å². The second-order valence-corrected chi connectivity index (χ2v) is 7.96. The Morgan fingerprint density at radius 1 is 1.03 bits per heavy atom. The lowest BCUT2D eigenvalue weighted by atomic mass is 10.1. The molecule has 0 aromatic heterocycles. The Bertz CT molecular complexity index is 891. The van der Waals surface area contributed by atoms with E-state index in [4.69, 9.17) is 11.6 Å². The average molecular weight is 448 g/mol. The SMILES string of the molecule is CCNC(=O)c1cccc(CNC(=O)C(CCSC)NC(=O)c2ccccc2Cl)c1. The van der Waals surface area contributed by atoms with Crippen LogP contribution in [-0.4, -0.2) is 42.3 Å². The van der Waals surface area contributed by atoms with Gasteiger partial charge in [-0.25, -0.2) is 0 Å². The van der Waals surface area contributed by atoms with Crippen molar-refractivity contribution in [3.63, 3.8) is 0 Å². The zero-order valence-electron chi connectivity index (χ0n) is 17.0. The second-order valence-electron chi connectivity index (χ2n) is 6.57. The van der Waals surface area contributed by atoms with Crippen LogP contribution in [0.15, 0.2) is 48.5 Å². The summed E-state index contributed by atoms with van der Waals surface area (Å²) in [5.74, 6) is -0.114. The fraction of sp³-hybridized carbons (Fsp3) is 0.318. The molecule has 2 rings (SSSR count). The summed E-state index contributed by atoms with van der Waals surface area (Å²) in [4.78, 5) is 37.3. The van der Waals surface area contributed by atoms with Gasteiger partial charge in [0.2, 0.25) is 5.91 Å². The molecule has 0 spiro atoms. The van der Waals surface area contributed by atoms with Crippen molar-refractivity contribution in [2.75, 3.05) is 18.6 Å². The van der Waals surface area contributed by atoms with Gasteiger partial charge >= 0.3 is 0 Å². The topological polar surface area (TPSA) is 87.3 Å². The van der Waals surface area contributed by atoms with Crippen LogP contribution in [0.3, 0.4) is 0 Å². The van der Waals surface area contributed by atoms with Crippen molar-refractivity contribution in [3.05, 3.63) is 70.2 Å². The molecule has 0 bridgehead atoms. The Hall–Kier alpha value is -2.51. The van der Waals surface area contributed by atoms with E-state index in [1.807, 2.05) is 19.2 Å². The summed E-state index contributed by atoms with van der Waals surface area (Å²) in [6.07, 6.45) is 2.43. The molecule has 30 heavy (non-hydrogen) atoms. The van der Waals surface area contributed by atoms with Crippen molar-refractivity contribution in [1.29, 1.82) is 0 Å². The van der Waals surface area contributed by atoms with Gasteiger partial charge in [-0.3, -0.25) is 14.4 Å². The van der Waals surface area contributed by atoms with Crippen LogP contribution in [0.4, 0.5) is 0 Å². The molecule has 0 saturated carbocycles. The number of benzene rings is 2. The van der Waals surface area contributed by atoms with E-state index >= 15 is 0 Å². The van der Waals surface area contributed by atoms with Gasteiger partial charge < -0.3 is 16.0 Å². The van der Waals surface area contributed by atoms with Gasteiger partial charge in [0.25, 0.3) is 11.8 Å². The van der Waals surface area contributed by atoms with Crippen molar-refractivity contribution in [1.82, 2.24) is 16.0 Å². The molecule has 0 aliphatic heterocycles. The third kappa shape index (κ3) is 7.07. The molecule has 160 valence electrons. The minimum absolute atomic E-state index is 0.157. The largest absolute Gasteiger partial charge is 0.352 e. The van der Waals surface area contributed by atoms with Crippen LogP contribution in [0.2, 0.25) is 5.02 Å². The van der Waals surface area contributed by atoms with Gasteiger partial charge in [0.15, 0.2) is 0 Å². The number of rotatable bonds is 10. The molecule has 2 aromatic rings. The molecule has 1 atom stereocenters. The highest BCUT2D eigenvalue weighted by molar-refractivity contribution is 7.98. The number of thioether (sulfide) groups is 1. The van der Waals surface area contributed by atoms with E-state index in [2.05, 4.69) is 16.0 Å². The Kier molecular flexibility index (Phi) is 9.70. The first kappa shape index (κ1) is 23.8. The van der Waals surface area contributed by atoms with Gasteiger partial charge in [-0.2, -0.15) is 11.8 Å². The molecule has 1 unspecified atom stereocenters. The van der Waals surface area contributed by atoms with E-state index in [0.717, 1.165) is 5.56 Å². The van der Waals surface area contributed by atoms with E-state index in [0.29, 0.717) is 34.9 Å². The summed E-state index contributed by atoms with van der Waals surface area (Å²) in [6, 6.07) is 13.1. The van der Waals surface area contributed by atoms with Crippen molar-refractivity contribution in [2.24, 2.45) is 0 Å². The van der Waals surface area contributed by atoms with E-state index in [-0.39, 0.29) is 24.3 Å². The molecule has 3 amide bonds. The maximum absolute atomic E-state index is 12.7. The minimum Gasteiger partial charge on any atom is -0.352 e. The smallest absolute Gasteiger partial charge is 0.253 e. The van der Waals surface area contributed by atoms with E-state index in [1.165, 1.54) is 0 Å². The van der Waals surface area contributed by atoms with Crippen LogP contribution in [0, 0.1) is 0 Å². The van der Waals surface area contributed by atoms with Crippen LogP contribution >= 0.6 is 23.4 Å². The van der Waals surface area contributed by atoms with Crippen LogP contribution in [0.25, 0.3) is 0 Å². The third-order valence-electron chi connectivity index (χ3n) is 4.34. The number of carbonyl (C=O) groups is 3. The average Bonchev–Trinajstić information content (AvgIpc) is 2.75. The molecule has 0 radical (unpaired) electrons. The second kappa shape index (κ2) is 12.2. The molecule has 8 heteroatoms. The maximum Gasteiger partial charge on any atom is 0.253 e. The van der Waals surface area contributed by atoms with Crippen LogP contribution in [0.1, 0.15) is 39.6 Å². The van der Waals surface area contributed by atoms with Crippen LogP contribution in [0.5, 0.6) is 0 Å². The molecule has 2 aromatic carbocycles. The molecule has 0 aliphatic carbocycles. The molecule has 6 nitrogen and oxygen atoms in total. The summed E-state index contributed by atoms with van der Waals surface area (Å²) in [5.41, 5.74) is 1.67. The quantitative estimate of drug-likeness (QED) is 0.521. The summed E-state index contributed by atoms with van der Waals surface area (Å²) in [7, 11) is 0.